The van der Waals surface area contributed by atoms with Crippen molar-refractivity contribution in [3.63, 3.8) is 0 Å². The van der Waals surface area contributed by atoms with Gasteiger partial charge in [-0.05, 0) is 25.8 Å². The van der Waals surface area contributed by atoms with Gasteiger partial charge in [0.1, 0.15) is 5.56 Å². The Labute approximate surface area is 152 Å². The first kappa shape index (κ1) is 21.0. The van der Waals surface area contributed by atoms with Crippen molar-refractivity contribution in [1.29, 1.82) is 0 Å². The van der Waals surface area contributed by atoms with E-state index in [0.717, 1.165) is 13.0 Å². The predicted octanol–water partition coefficient (Wildman–Crippen LogP) is 2.15. The number of halogens is 1. The first-order valence-corrected chi connectivity index (χ1v) is 7.98. The monoisotopic (exact) mass is 373 g/mol. The van der Waals surface area contributed by atoms with Gasteiger partial charge in [-0.2, -0.15) is 0 Å². The van der Waals surface area contributed by atoms with E-state index in [2.05, 4.69) is 17.6 Å². The number of carbonyl (C=O) groups excluding carboxylic acids is 1. The molecule has 0 radical (unpaired) electrons. The van der Waals surface area contributed by atoms with Gasteiger partial charge in [0.2, 0.25) is 0 Å². The lowest BCUT2D eigenvalue weighted by Gasteiger charge is -2.30. The first-order valence-electron chi connectivity index (χ1n) is 7.98. The van der Waals surface area contributed by atoms with Crippen LogP contribution in [-0.4, -0.2) is 43.7 Å². The molecule has 1 aromatic carbocycles. The van der Waals surface area contributed by atoms with Crippen molar-refractivity contribution in [2.45, 2.75) is 26.3 Å². The fourth-order valence-electron chi connectivity index (χ4n) is 2.74. The van der Waals surface area contributed by atoms with Gasteiger partial charge in [-0.1, -0.05) is 6.92 Å². The van der Waals surface area contributed by atoms with Crippen LogP contribution in [0.15, 0.2) is 12.1 Å². The highest BCUT2D eigenvalue weighted by atomic mass is 35.5. The molecular formula is C16H24ClN3O5. The van der Waals surface area contributed by atoms with Crippen LogP contribution >= 0.6 is 12.4 Å². The number of rotatable bonds is 6. The van der Waals surface area contributed by atoms with E-state index in [9.17, 15) is 14.9 Å². The third kappa shape index (κ3) is 4.96. The van der Waals surface area contributed by atoms with Gasteiger partial charge in [0.15, 0.2) is 11.5 Å². The Morgan fingerprint density at radius 2 is 2.16 bits per heavy atom. The SMILES string of the molecule is CCOc1cc(C(=O)NC2CNCCC2C)c([N+](=O)[O-])cc1OC.Cl. The van der Waals surface area contributed by atoms with Crippen LogP contribution in [0, 0.1) is 16.0 Å². The Hall–Kier alpha value is -2.06. The average molecular weight is 374 g/mol. The van der Waals surface area contributed by atoms with Crippen LogP contribution in [0.5, 0.6) is 11.5 Å². The number of ether oxygens (including phenoxy) is 2. The van der Waals surface area contributed by atoms with E-state index < -0.39 is 10.8 Å². The first-order chi connectivity index (χ1) is 11.5. The molecule has 0 aromatic heterocycles. The zero-order valence-electron chi connectivity index (χ0n) is 14.5. The van der Waals surface area contributed by atoms with E-state index in [1.807, 2.05) is 0 Å². The molecule has 1 aromatic rings. The normalized spacial score (nSPS) is 19.5. The molecule has 1 aliphatic heterocycles. The van der Waals surface area contributed by atoms with Crippen LogP contribution in [0.4, 0.5) is 5.69 Å². The van der Waals surface area contributed by atoms with E-state index in [0.29, 0.717) is 24.8 Å². The summed E-state index contributed by atoms with van der Waals surface area (Å²) in [6.07, 6.45) is 0.944. The van der Waals surface area contributed by atoms with Crippen molar-refractivity contribution < 1.29 is 19.2 Å². The summed E-state index contributed by atoms with van der Waals surface area (Å²) < 4.78 is 10.5. The lowest BCUT2D eigenvalue weighted by molar-refractivity contribution is -0.385. The molecule has 1 fully saturated rings. The number of benzene rings is 1. The summed E-state index contributed by atoms with van der Waals surface area (Å²) in [5.41, 5.74) is -0.328. The molecule has 2 rings (SSSR count). The summed E-state index contributed by atoms with van der Waals surface area (Å²) in [6.45, 7) is 5.76. The largest absolute Gasteiger partial charge is 0.493 e. The molecule has 8 nitrogen and oxygen atoms in total. The van der Waals surface area contributed by atoms with Crippen LogP contribution in [0.3, 0.4) is 0 Å². The maximum Gasteiger partial charge on any atom is 0.286 e. The number of piperidine rings is 1. The van der Waals surface area contributed by atoms with Crippen molar-refractivity contribution in [1.82, 2.24) is 10.6 Å². The Morgan fingerprint density at radius 1 is 1.44 bits per heavy atom. The molecule has 9 heteroatoms. The molecule has 0 aliphatic carbocycles. The molecule has 0 saturated carbocycles. The second-order valence-electron chi connectivity index (χ2n) is 5.76. The van der Waals surface area contributed by atoms with Crippen LogP contribution in [0.1, 0.15) is 30.6 Å². The quantitative estimate of drug-likeness (QED) is 0.585. The number of nitrogens with zero attached hydrogens (tertiary/aromatic N) is 1. The van der Waals surface area contributed by atoms with Gasteiger partial charge in [-0.3, -0.25) is 14.9 Å². The minimum Gasteiger partial charge on any atom is -0.493 e. The lowest BCUT2D eigenvalue weighted by atomic mass is 9.94. The molecule has 0 spiro atoms. The van der Waals surface area contributed by atoms with Gasteiger partial charge in [0, 0.05) is 18.7 Å². The average Bonchev–Trinajstić information content (AvgIpc) is 2.56. The Balaban J connectivity index is 0.00000312. The third-order valence-electron chi connectivity index (χ3n) is 4.17. The molecule has 140 valence electrons. The van der Waals surface area contributed by atoms with Crippen molar-refractivity contribution in [3.05, 3.63) is 27.8 Å². The van der Waals surface area contributed by atoms with Gasteiger partial charge < -0.3 is 20.1 Å². The molecule has 1 amide bonds. The number of hydrogen-bond acceptors (Lipinski definition) is 6. The number of nitro benzene ring substituents is 1. The minimum absolute atomic E-state index is 0. The smallest absolute Gasteiger partial charge is 0.286 e. The third-order valence-corrected chi connectivity index (χ3v) is 4.17. The highest BCUT2D eigenvalue weighted by Gasteiger charge is 2.28. The van der Waals surface area contributed by atoms with Gasteiger partial charge in [0.05, 0.1) is 24.7 Å². The molecule has 2 atom stereocenters. The Morgan fingerprint density at radius 3 is 2.72 bits per heavy atom. The van der Waals surface area contributed by atoms with Crippen LogP contribution < -0.4 is 20.1 Å². The Kier molecular flexibility index (Phi) is 7.92. The summed E-state index contributed by atoms with van der Waals surface area (Å²) in [4.78, 5) is 23.3. The number of nitrogens with one attached hydrogen (secondary N) is 2. The van der Waals surface area contributed by atoms with Gasteiger partial charge in [-0.15, -0.1) is 12.4 Å². The molecule has 1 heterocycles. The molecule has 1 saturated heterocycles. The summed E-state index contributed by atoms with van der Waals surface area (Å²) in [5, 5.41) is 17.4. The van der Waals surface area contributed by atoms with Gasteiger partial charge in [0.25, 0.3) is 11.6 Å². The van der Waals surface area contributed by atoms with E-state index in [1.54, 1.807) is 6.92 Å². The highest BCUT2D eigenvalue weighted by Crippen LogP contribution is 2.34. The fraction of sp³-hybridized carbons (Fsp3) is 0.562. The second kappa shape index (κ2) is 9.43. The van der Waals surface area contributed by atoms with Gasteiger partial charge >= 0.3 is 0 Å². The molecular weight excluding hydrogens is 350 g/mol. The molecule has 1 aliphatic rings. The topological polar surface area (TPSA) is 103 Å². The van der Waals surface area contributed by atoms with Crippen LogP contribution in [-0.2, 0) is 0 Å². The summed E-state index contributed by atoms with van der Waals surface area (Å²) in [6, 6.07) is 2.53. The summed E-state index contributed by atoms with van der Waals surface area (Å²) in [7, 11) is 1.40. The van der Waals surface area contributed by atoms with Crippen molar-refractivity contribution in [2.75, 3.05) is 26.8 Å². The maximum atomic E-state index is 12.6. The van der Waals surface area contributed by atoms with Crippen molar-refractivity contribution >= 4 is 24.0 Å². The maximum absolute atomic E-state index is 12.6. The zero-order chi connectivity index (χ0) is 17.7. The lowest BCUT2D eigenvalue weighted by Crippen LogP contribution is -2.50. The number of nitro groups is 1. The zero-order valence-corrected chi connectivity index (χ0v) is 15.4. The number of amides is 1. The summed E-state index contributed by atoms with van der Waals surface area (Å²) >= 11 is 0. The molecule has 0 bridgehead atoms. The second-order valence-corrected chi connectivity index (χ2v) is 5.76. The molecule has 2 N–H and O–H groups in total. The minimum atomic E-state index is -0.588. The van der Waals surface area contributed by atoms with E-state index >= 15 is 0 Å². The van der Waals surface area contributed by atoms with Crippen LogP contribution in [0.2, 0.25) is 0 Å². The molecule has 25 heavy (non-hydrogen) atoms. The van der Waals surface area contributed by atoms with Crippen molar-refractivity contribution in [3.8, 4) is 11.5 Å². The summed E-state index contributed by atoms with van der Waals surface area (Å²) in [5.74, 6) is 0.364. The number of hydrogen-bond donors (Lipinski definition) is 2. The number of methoxy groups -OCH3 is 1. The van der Waals surface area contributed by atoms with E-state index in [-0.39, 0.29) is 35.4 Å². The fourth-order valence-corrected chi connectivity index (χ4v) is 2.74. The van der Waals surface area contributed by atoms with E-state index in [1.165, 1.54) is 19.2 Å². The van der Waals surface area contributed by atoms with Crippen LogP contribution in [0.25, 0.3) is 0 Å². The van der Waals surface area contributed by atoms with Crippen molar-refractivity contribution in [2.24, 2.45) is 5.92 Å². The highest BCUT2D eigenvalue weighted by molar-refractivity contribution is 5.99. The van der Waals surface area contributed by atoms with Gasteiger partial charge in [-0.25, -0.2) is 0 Å². The standard InChI is InChI=1S/C16H23N3O5.ClH/c1-4-24-15-7-11(13(19(21)22)8-14(15)23-3)16(20)18-12-9-17-6-5-10(12)2;/h7-8,10,12,17H,4-6,9H2,1-3H3,(H,18,20);1H. The van der Waals surface area contributed by atoms with E-state index in [4.69, 9.17) is 9.47 Å². The predicted molar refractivity (Wildman–Crippen MR) is 96.0 cm³/mol. The Bertz CT molecular complexity index is 626. The number of carbonyl (C=O) groups is 1. The molecule has 2 unspecified atom stereocenters.